The molecule has 3 aromatic rings. The van der Waals surface area contributed by atoms with Gasteiger partial charge in [0.2, 0.25) is 0 Å². The lowest BCUT2D eigenvalue weighted by molar-refractivity contribution is 0.0633. The number of rotatable bonds is 5. The highest BCUT2D eigenvalue weighted by Gasteiger charge is 2.31. The van der Waals surface area contributed by atoms with Crippen LogP contribution in [0.2, 0.25) is 0 Å². The third-order valence-corrected chi connectivity index (χ3v) is 5.62. The van der Waals surface area contributed by atoms with Gasteiger partial charge in [-0.1, -0.05) is 18.2 Å². The number of piperidine rings is 1. The van der Waals surface area contributed by atoms with Gasteiger partial charge >= 0.3 is 5.63 Å². The van der Waals surface area contributed by atoms with Gasteiger partial charge in [-0.05, 0) is 43.2 Å². The number of methoxy groups -OCH3 is 2. The molecule has 0 saturated carbocycles. The molecular weight excluding hydrogens is 398 g/mol. The van der Waals surface area contributed by atoms with Gasteiger partial charge in [0.1, 0.15) is 11.1 Å². The SMILES string of the molecule is COc1ccc(C(=O)C2CCCN(C(=O)c3cc4ccccc4oc3=O)C2)cc1OC. The maximum Gasteiger partial charge on any atom is 0.349 e. The molecule has 2 aromatic carbocycles. The molecule has 1 saturated heterocycles. The predicted octanol–water partition coefficient (Wildman–Crippen LogP) is 3.55. The number of hydrogen-bond acceptors (Lipinski definition) is 6. The van der Waals surface area contributed by atoms with Crippen molar-refractivity contribution in [1.82, 2.24) is 4.90 Å². The number of amides is 1. The number of nitrogens with zero attached hydrogens (tertiary/aromatic N) is 1. The molecule has 1 unspecified atom stereocenters. The fourth-order valence-electron chi connectivity index (χ4n) is 3.98. The molecule has 1 fully saturated rings. The van der Waals surface area contributed by atoms with E-state index in [0.717, 1.165) is 0 Å². The molecule has 7 nitrogen and oxygen atoms in total. The van der Waals surface area contributed by atoms with E-state index >= 15 is 0 Å². The maximum absolute atomic E-state index is 13.1. The van der Waals surface area contributed by atoms with E-state index in [2.05, 4.69) is 0 Å². The molecule has 31 heavy (non-hydrogen) atoms. The Hall–Kier alpha value is -3.61. The van der Waals surface area contributed by atoms with Crippen LogP contribution in [0.5, 0.6) is 11.5 Å². The number of likely N-dealkylation sites (tertiary alicyclic amines) is 1. The van der Waals surface area contributed by atoms with Crippen LogP contribution >= 0.6 is 0 Å². The zero-order valence-corrected chi connectivity index (χ0v) is 17.4. The van der Waals surface area contributed by atoms with E-state index in [9.17, 15) is 14.4 Å². The average molecular weight is 421 g/mol. The van der Waals surface area contributed by atoms with Gasteiger partial charge < -0.3 is 18.8 Å². The minimum absolute atomic E-state index is 0.0158. The van der Waals surface area contributed by atoms with Crippen molar-refractivity contribution in [3.05, 3.63) is 70.1 Å². The molecular formula is C24H23NO6. The van der Waals surface area contributed by atoms with Crippen LogP contribution in [-0.4, -0.2) is 43.9 Å². The molecule has 0 aliphatic carbocycles. The van der Waals surface area contributed by atoms with E-state index in [-0.39, 0.29) is 23.8 Å². The molecule has 1 aliphatic rings. The highest BCUT2D eigenvalue weighted by Crippen LogP contribution is 2.30. The van der Waals surface area contributed by atoms with E-state index in [1.807, 2.05) is 6.07 Å². The van der Waals surface area contributed by atoms with Crippen molar-refractivity contribution in [2.24, 2.45) is 5.92 Å². The number of Topliss-reactive ketones (excluding diaryl/α,β-unsaturated/α-hetero) is 1. The Kier molecular flexibility index (Phi) is 5.75. The number of para-hydroxylation sites is 1. The number of fused-ring (bicyclic) bond motifs is 1. The zero-order chi connectivity index (χ0) is 22.0. The Morgan fingerprint density at radius 3 is 2.58 bits per heavy atom. The molecule has 0 bridgehead atoms. The number of carbonyl (C=O) groups is 2. The van der Waals surface area contributed by atoms with Crippen LogP contribution in [0, 0.1) is 5.92 Å². The van der Waals surface area contributed by atoms with Gasteiger partial charge in [-0.2, -0.15) is 0 Å². The summed E-state index contributed by atoms with van der Waals surface area (Å²) in [7, 11) is 3.05. The predicted molar refractivity (Wildman–Crippen MR) is 115 cm³/mol. The van der Waals surface area contributed by atoms with Crippen LogP contribution in [-0.2, 0) is 0 Å². The molecule has 1 aromatic heterocycles. The normalized spacial score (nSPS) is 16.2. The standard InChI is InChI=1S/C24H23NO6/c1-29-20-10-9-16(13-21(20)30-2)22(26)17-7-5-11-25(14-17)23(27)18-12-15-6-3-4-8-19(15)31-24(18)28/h3-4,6,8-10,12-13,17H,5,7,11,14H2,1-2H3. The van der Waals surface area contributed by atoms with Crippen molar-refractivity contribution in [3.63, 3.8) is 0 Å². The second kappa shape index (κ2) is 8.63. The molecule has 1 amide bonds. The van der Waals surface area contributed by atoms with Crippen molar-refractivity contribution >= 4 is 22.7 Å². The van der Waals surface area contributed by atoms with Gasteiger partial charge in [0, 0.05) is 30.0 Å². The van der Waals surface area contributed by atoms with Crippen LogP contribution in [0.1, 0.15) is 33.6 Å². The molecule has 4 rings (SSSR count). The van der Waals surface area contributed by atoms with Crippen molar-refractivity contribution in [3.8, 4) is 11.5 Å². The van der Waals surface area contributed by atoms with Crippen LogP contribution < -0.4 is 15.1 Å². The third-order valence-electron chi connectivity index (χ3n) is 5.62. The van der Waals surface area contributed by atoms with E-state index < -0.39 is 11.5 Å². The molecule has 160 valence electrons. The van der Waals surface area contributed by atoms with Crippen LogP contribution in [0.25, 0.3) is 11.0 Å². The largest absolute Gasteiger partial charge is 0.493 e. The summed E-state index contributed by atoms with van der Waals surface area (Å²) in [6.45, 7) is 0.735. The van der Waals surface area contributed by atoms with Gasteiger partial charge in [0.25, 0.3) is 5.91 Å². The van der Waals surface area contributed by atoms with E-state index in [4.69, 9.17) is 13.9 Å². The first-order valence-electron chi connectivity index (χ1n) is 10.1. The van der Waals surface area contributed by atoms with Gasteiger partial charge in [-0.15, -0.1) is 0 Å². The lowest BCUT2D eigenvalue weighted by atomic mass is 9.89. The molecule has 0 N–H and O–H groups in total. The molecule has 7 heteroatoms. The summed E-state index contributed by atoms with van der Waals surface area (Å²) in [5.41, 5.74) is 0.251. The minimum atomic E-state index is -0.669. The molecule has 2 heterocycles. The zero-order valence-electron chi connectivity index (χ0n) is 17.4. The summed E-state index contributed by atoms with van der Waals surface area (Å²) in [6.07, 6.45) is 1.34. The fraction of sp³-hybridized carbons (Fsp3) is 0.292. The summed E-state index contributed by atoms with van der Waals surface area (Å²) < 4.78 is 15.8. The van der Waals surface area contributed by atoms with Crippen molar-refractivity contribution in [2.45, 2.75) is 12.8 Å². The Balaban J connectivity index is 1.56. The molecule has 0 spiro atoms. The topological polar surface area (TPSA) is 86.0 Å². The van der Waals surface area contributed by atoms with Gasteiger partial charge in [0.15, 0.2) is 17.3 Å². The lowest BCUT2D eigenvalue weighted by Crippen LogP contribution is -2.43. The number of hydrogen-bond donors (Lipinski definition) is 0. The van der Waals surface area contributed by atoms with Crippen molar-refractivity contribution < 1.29 is 23.5 Å². The Bertz CT molecular complexity index is 1200. The Morgan fingerprint density at radius 1 is 1.03 bits per heavy atom. The average Bonchev–Trinajstić information content (AvgIpc) is 2.82. The minimum Gasteiger partial charge on any atom is -0.493 e. The van der Waals surface area contributed by atoms with Gasteiger partial charge in [-0.3, -0.25) is 9.59 Å². The molecule has 0 radical (unpaired) electrons. The number of benzene rings is 2. The summed E-state index contributed by atoms with van der Waals surface area (Å²) in [5.74, 6) is 0.185. The first-order chi connectivity index (χ1) is 15.0. The summed E-state index contributed by atoms with van der Waals surface area (Å²) >= 11 is 0. The lowest BCUT2D eigenvalue weighted by Gasteiger charge is -2.32. The van der Waals surface area contributed by atoms with Crippen LogP contribution in [0.4, 0.5) is 0 Å². The van der Waals surface area contributed by atoms with Gasteiger partial charge in [-0.25, -0.2) is 4.79 Å². The summed E-state index contributed by atoms with van der Waals surface area (Å²) in [5, 5.41) is 0.681. The molecule has 1 aliphatic heterocycles. The maximum atomic E-state index is 13.1. The fourth-order valence-corrected chi connectivity index (χ4v) is 3.98. The van der Waals surface area contributed by atoms with E-state index in [1.54, 1.807) is 47.4 Å². The molecule has 1 atom stereocenters. The van der Waals surface area contributed by atoms with Crippen LogP contribution in [0.3, 0.4) is 0 Å². The third kappa shape index (κ3) is 4.03. The van der Waals surface area contributed by atoms with Crippen molar-refractivity contribution in [1.29, 1.82) is 0 Å². The van der Waals surface area contributed by atoms with Crippen LogP contribution in [0.15, 0.2) is 57.7 Å². The second-order valence-electron chi connectivity index (χ2n) is 7.51. The van der Waals surface area contributed by atoms with E-state index in [1.165, 1.54) is 14.2 Å². The van der Waals surface area contributed by atoms with Gasteiger partial charge in [0.05, 0.1) is 14.2 Å². The Morgan fingerprint density at radius 2 is 1.81 bits per heavy atom. The number of ether oxygens (including phenoxy) is 2. The monoisotopic (exact) mass is 421 g/mol. The Labute approximate surface area is 179 Å². The smallest absolute Gasteiger partial charge is 0.349 e. The highest BCUT2D eigenvalue weighted by atomic mass is 16.5. The first kappa shape index (κ1) is 20.7. The summed E-state index contributed by atoms with van der Waals surface area (Å²) in [6, 6.07) is 13.7. The number of carbonyl (C=O) groups excluding carboxylic acids is 2. The number of ketones is 1. The second-order valence-corrected chi connectivity index (χ2v) is 7.51. The van der Waals surface area contributed by atoms with Crippen molar-refractivity contribution in [2.75, 3.05) is 27.3 Å². The quantitative estimate of drug-likeness (QED) is 0.463. The first-order valence-corrected chi connectivity index (χ1v) is 10.1. The summed E-state index contributed by atoms with van der Waals surface area (Å²) in [4.78, 5) is 40.1. The van der Waals surface area contributed by atoms with E-state index in [0.29, 0.717) is 47.4 Å². The highest BCUT2D eigenvalue weighted by molar-refractivity contribution is 6.00.